The van der Waals surface area contributed by atoms with Gasteiger partial charge >= 0.3 is 19.7 Å². The lowest BCUT2D eigenvalue weighted by Gasteiger charge is -2.27. The maximum Gasteiger partial charge on any atom is 0.417 e. The molecule has 1 saturated heterocycles. The topological polar surface area (TPSA) is 169 Å². The van der Waals surface area contributed by atoms with Crippen LogP contribution in [0.5, 0.6) is 5.88 Å². The zero-order valence-electron chi connectivity index (χ0n) is 22.3. The Hall–Kier alpha value is -3.38. The van der Waals surface area contributed by atoms with Gasteiger partial charge in [-0.2, -0.15) is 4.98 Å². The summed E-state index contributed by atoms with van der Waals surface area (Å²) in [6, 6.07) is 8.68. The fourth-order valence-electron chi connectivity index (χ4n) is 4.46. The Balaban J connectivity index is 1.57. The van der Waals surface area contributed by atoms with Crippen molar-refractivity contribution < 1.29 is 37.8 Å². The van der Waals surface area contributed by atoms with E-state index in [-0.39, 0.29) is 30.1 Å². The molecule has 1 aliphatic heterocycles. The zero-order valence-corrected chi connectivity index (χ0v) is 23.2. The van der Waals surface area contributed by atoms with Crippen molar-refractivity contribution in [3.63, 3.8) is 0 Å². The van der Waals surface area contributed by atoms with Gasteiger partial charge in [0.25, 0.3) is 5.91 Å². The molecule has 2 amide bonds. The van der Waals surface area contributed by atoms with Crippen molar-refractivity contribution in [1.29, 1.82) is 0 Å². The molecule has 216 valence electrons. The SMILES string of the molecule is CCOP(=O)(O)CC(NC(=O)c1cc(OC2CCCC2)nc(-c2ccccc2)n1)C(=O)OC(=O)N1CCNCC1. The van der Waals surface area contributed by atoms with E-state index in [0.29, 0.717) is 31.7 Å². The van der Waals surface area contributed by atoms with Crippen LogP contribution in [-0.4, -0.2) is 88.8 Å². The molecule has 2 atom stereocenters. The van der Waals surface area contributed by atoms with E-state index in [4.69, 9.17) is 14.0 Å². The molecule has 1 saturated carbocycles. The van der Waals surface area contributed by atoms with Crippen LogP contribution in [0.15, 0.2) is 36.4 Å². The number of nitrogens with one attached hydrogen (secondary N) is 2. The Morgan fingerprint density at radius 1 is 1.15 bits per heavy atom. The van der Waals surface area contributed by atoms with E-state index >= 15 is 0 Å². The molecule has 2 unspecified atom stereocenters. The highest BCUT2D eigenvalue weighted by molar-refractivity contribution is 7.52. The maximum absolute atomic E-state index is 13.4. The molecule has 2 aromatic rings. The second-order valence-electron chi connectivity index (χ2n) is 9.49. The molecule has 40 heavy (non-hydrogen) atoms. The van der Waals surface area contributed by atoms with Gasteiger partial charge in [0, 0.05) is 37.8 Å². The highest BCUT2D eigenvalue weighted by Gasteiger charge is 2.35. The molecule has 2 heterocycles. The Bertz CT molecular complexity index is 1230. The molecule has 1 aromatic heterocycles. The summed E-state index contributed by atoms with van der Waals surface area (Å²) < 4.78 is 28.4. The summed E-state index contributed by atoms with van der Waals surface area (Å²) in [5.41, 5.74) is 0.513. The first-order valence-corrected chi connectivity index (χ1v) is 15.1. The van der Waals surface area contributed by atoms with Gasteiger partial charge < -0.3 is 34.4 Å². The van der Waals surface area contributed by atoms with Gasteiger partial charge in [-0.05, 0) is 32.6 Å². The van der Waals surface area contributed by atoms with Gasteiger partial charge in [-0.3, -0.25) is 9.36 Å². The van der Waals surface area contributed by atoms with Crippen molar-refractivity contribution in [2.24, 2.45) is 0 Å². The minimum absolute atomic E-state index is 0.0420. The van der Waals surface area contributed by atoms with Gasteiger partial charge in [-0.1, -0.05) is 30.3 Å². The number of nitrogens with zero attached hydrogens (tertiary/aromatic N) is 3. The van der Waals surface area contributed by atoms with E-state index in [0.717, 1.165) is 25.7 Å². The van der Waals surface area contributed by atoms with Crippen molar-refractivity contribution in [3.8, 4) is 17.3 Å². The number of ether oxygens (including phenoxy) is 2. The molecule has 13 nitrogen and oxygen atoms in total. The van der Waals surface area contributed by atoms with E-state index < -0.39 is 37.8 Å². The minimum Gasteiger partial charge on any atom is -0.474 e. The average Bonchev–Trinajstić information content (AvgIpc) is 3.46. The normalized spacial score (nSPS) is 18.0. The van der Waals surface area contributed by atoms with Crippen molar-refractivity contribution >= 4 is 25.6 Å². The quantitative estimate of drug-likeness (QED) is 0.216. The molecule has 2 aliphatic rings. The van der Waals surface area contributed by atoms with Crippen LogP contribution in [0, 0.1) is 0 Å². The molecule has 14 heteroatoms. The largest absolute Gasteiger partial charge is 0.474 e. The first kappa shape index (κ1) is 29.6. The van der Waals surface area contributed by atoms with E-state index in [2.05, 4.69) is 20.6 Å². The Morgan fingerprint density at radius 2 is 1.85 bits per heavy atom. The number of hydrogen-bond acceptors (Lipinski definition) is 10. The second-order valence-corrected chi connectivity index (χ2v) is 11.4. The second kappa shape index (κ2) is 13.8. The van der Waals surface area contributed by atoms with Crippen LogP contribution in [0.4, 0.5) is 4.79 Å². The third kappa shape index (κ3) is 8.31. The molecule has 1 aliphatic carbocycles. The first-order valence-electron chi connectivity index (χ1n) is 13.3. The summed E-state index contributed by atoms with van der Waals surface area (Å²) in [6.07, 6.45) is 2.05. The van der Waals surface area contributed by atoms with Crippen molar-refractivity contribution in [2.75, 3.05) is 38.9 Å². The number of esters is 1. The minimum atomic E-state index is -4.32. The van der Waals surface area contributed by atoms with Crippen LogP contribution in [0.2, 0.25) is 0 Å². The number of hydrogen-bond donors (Lipinski definition) is 3. The summed E-state index contributed by atoms with van der Waals surface area (Å²) in [6.45, 7) is 3.13. The zero-order chi connectivity index (χ0) is 28.5. The predicted molar refractivity (Wildman–Crippen MR) is 144 cm³/mol. The Kier molecular flexibility index (Phi) is 10.2. The van der Waals surface area contributed by atoms with Gasteiger partial charge in [0.05, 0.1) is 12.8 Å². The molecule has 2 fully saturated rings. The monoisotopic (exact) mass is 575 g/mol. The number of aromatic nitrogens is 2. The third-order valence-corrected chi connectivity index (χ3v) is 7.94. The summed E-state index contributed by atoms with van der Waals surface area (Å²) >= 11 is 0. The molecule has 3 N–H and O–H groups in total. The van der Waals surface area contributed by atoms with Gasteiger partial charge in [-0.25, -0.2) is 14.6 Å². The van der Waals surface area contributed by atoms with Crippen LogP contribution in [0.1, 0.15) is 43.1 Å². The molecule has 0 bridgehead atoms. The molecular formula is C26H34N5O8P. The third-order valence-electron chi connectivity index (χ3n) is 6.45. The standard InChI is InChI=1S/C26H34N5O8P/c1-2-37-40(35,36)17-21(25(33)39-26(34)31-14-12-27-13-15-31)29-24(32)20-16-22(38-19-10-6-7-11-19)30-23(28-20)18-8-4-3-5-9-18/h3-5,8-9,16,19,21,27H,2,6-7,10-15,17H2,1H3,(H,29,32)(H,35,36). The first-order chi connectivity index (χ1) is 19.2. The van der Waals surface area contributed by atoms with E-state index in [1.807, 2.05) is 6.07 Å². The number of benzene rings is 1. The van der Waals surface area contributed by atoms with Gasteiger partial charge in [0.1, 0.15) is 17.8 Å². The molecule has 1 aromatic carbocycles. The fourth-order valence-corrected chi connectivity index (χ4v) is 5.67. The average molecular weight is 576 g/mol. The molecule has 0 spiro atoms. The lowest BCUT2D eigenvalue weighted by atomic mass is 10.2. The van der Waals surface area contributed by atoms with Crippen molar-refractivity contribution in [2.45, 2.75) is 44.8 Å². The van der Waals surface area contributed by atoms with E-state index in [1.54, 1.807) is 24.3 Å². The number of amides is 2. The maximum atomic E-state index is 13.4. The number of rotatable bonds is 10. The van der Waals surface area contributed by atoms with Gasteiger partial charge in [0.15, 0.2) is 5.82 Å². The van der Waals surface area contributed by atoms with Gasteiger partial charge in [-0.15, -0.1) is 0 Å². The highest BCUT2D eigenvalue weighted by Crippen LogP contribution is 2.42. The molecule has 4 rings (SSSR count). The summed E-state index contributed by atoms with van der Waals surface area (Å²) in [4.78, 5) is 59.3. The highest BCUT2D eigenvalue weighted by atomic mass is 31.2. The summed E-state index contributed by atoms with van der Waals surface area (Å²) in [5, 5.41) is 5.48. The number of carbonyl (C=O) groups is 3. The summed E-state index contributed by atoms with van der Waals surface area (Å²) in [7, 11) is -4.32. The van der Waals surface area contributed by atoms with E-state index in [9.17, 15) is 23.8 Å². The lowest BCUT2D eigenvalue weighted by Crippen LogP contribution is -2.50. The van der Waals surface area contributed by atoms with E-state index in [1.165, 1.54) is 17.9 Å². The van der Waals surface area contributed by atoms with Crippen LogP contribution < -0.4 is 15.4 Å². The van der Waals surface area contributed by atoms with Crippen molar-refractivity contribution in [1.82, 2.24) is 25.5 Å². The Morgan fingerprint density at radius 3 is 2.52 bits per heavy atom. The van der Waals surface area contributed by atoms with Crippen LogP contribution in [0.25, 0.3) is 11.4 Å². The van der Waals surface area contributed by atoms with Gasteiger partial charge in [0.2, 0.25) is 5.88 Å². The predicted octanol–water partition coefficient (Wildman–Crippen LogP) is 2.35. The van der Waals surface area contributed by atoms with Crippen LogP contribution in [0.3, 0.4) is 0 Å². The summed E-state index contributed by atoms with van der Waals surface area (Å²) in [5.74, 6) is -1.60. The number of piperazine rings is 1. The lowest BCUT2D eigenvalue weighted by molar-refractivity contribution is -0.140. The molecule has 0 radical (unpaired) electrons. The van der Waals surface area contributed by atoms with Crippen molar-refractivity contribution in [3.05, 3.63) is 42.1 Å². The van der Waals surface area contributed by atoms with Crippen LogP contribution in [-0.2, 0) is 18.6 Å². The van der Waals surface area contributed by atoms with Crippen LogP contribution >= 0.6 is 7.60 Å². The Labute approximate surface area is 232 Å². The smallest absolute Gasteiger partial charge is 0.417 e. The number of carbonyl (C=O) groups excluding carboxylic acids is 3. The molecular weight excluding hydrogens is 541 g/mol. The fraction of sp³-hybridized carbons (Fsp3) is 0.500.